The Morgan fingerprint density at radius 2 is 1.93 bits per heavy atom. The van der Waals surface area contributed by atoms with Gasteiger partial charge in [-0.3, -0.25) is 9.89 Å². The standard InChI is InChI=1S/C21H36N4O.HI/c1-17(2)25(4)15-20-9-6-5-8-19(20)14-24-21(22-3)23-12-7-13-26-16-18-10-11-18;/h5-6,8-9,17-18H,7,10-16H2,1-4H3,(H2,22,23,24);1H. The zero-order valence-corrected chi connectivity index (χ0v) is 19.7. The molecule has 27 heavy (non-hydrogen) atoms. The highest BCUT2D eigenvalue weighted by Gasteiger charge is 2.20. The molecule has 0 aromatic heterocycles. The lowest BCUT2D eigenvalue weighted by Gasteiger charge is -2.23. The summed E-state index contributed by atoms with van der Waals surface area (Å²) in [7, 11) is 3.98. The minimum Gasteiger partial charge on any atom is -0.381 e. The first-order valence-corrected chi connectivity index (χ1v) is 9.89. The normalized spacial score (nSPS) is 14.4. The maximum absolute atomic E-state index is 5.67. The molecule has 0 radical (unpaired) electrons. The van der Waals surface area contributed by atoms with Gasteiger partial charge in [0.15, 0.2) is 5.96 Å². The second kappa shape index (κ2) is 13.3. The van der Waals surface area contributed by atoms with Crippen molar-refractivity contribution >= 4 is 29.9 Å². The summed E-state index contributed by atoms with van der Waals surface area (Å²) in [6.45, 7) is 8.82. The molecular formula is C21H37IN4O. The minimum absolute atomic E-state index is 0. The van der Waals surface area contributed by atoms with E-state index in [1.807, 2.05) is 7.05 Å². The molecule has 1 saturated carbocycles. The topological polar surface area (TPSA) is 48.9 Å². The molecule has 0 aliphatic heterocycles. The van der Waals surface area contributed by atoms with Gasteiger partial charge in [-0.1, -0.05) is 24.3 Å². The number of ether oxygens (including phenoxy) is 1. The highest BCUT2D eigenvalue weighted by atomic mass is 127. The van der Waals surface area contributed by atoms with Crippen molar-refractivity contribution in [2.24, 2.45) is 10.9 Å². The SMILES string of the molecule is CN=C(NCCCOCC1CC1)NCc1ccccc1CN(C)C(C)C.I. The van der Waals surface area contributed by atoms with Gasteiger partial charge >= 0.3 is 0 Å². The number of halogens is 1. The first kappa shape index (κ1) is 24.2. The van der Waals surface area contributed by atoms with Crippen LogP contribution in [-0.4, -0.2) is 50.8 Å². The highest BCUT2D eigenvalue weighted by Crippen LogP contribution is 2.28. The summed E-state index contributed by atoms with van der Waals surface area (Å²) in [6.07, 6.45) is 3.70. The van der Waals surface area contributed by atoms with E-state index in [4.69, 9.17) is 4.74 Å². The summed E-state index contributed by atoms with van der Waals surface area (Å²) in [5.41, 5.74) is 2.68. The van der Waals surface area contributed by atoms with Gasteiger partial charge in [0.1, 0.15) is 0 Å². The lowest BCUT2D eigenvalue weighted by Crippen LogP contribution is -2.38. The smallest absolute Gasteiger partial charge is 0.191 e. The van der Waals surface area contributed by atoms with Gasteiger partial charge in [-0.05, 0) is 57.2 Å². The molecule has 0 heterocycles. The maximum Gasteiger partial charge on any atom is 0.191 e. The summed E-state index contributed by atoms with van der Waals surface area (Å²) in [5, 5.41) is 6.80. The molecule has 5 nitrogen and oxygen atoms in total. The zero-order valence-electron chi connectivity index (χ0n) is 17.3. The van der Waals surface area contributed by atoms with E-state index in [9.17, 15) is 0 Å². The van der Waals surface area contributed by atoms with E-state index in [0.717, 1.165) is 51.1 Å². The third-order valence-corrected chi connectivity index (χ3v) is 4.90. The predicted molar refractivity (Wildman–Crippen MR) is 125 cm³/mol. The predicted octanol–water partition coefficient (Wildman–Crippen LogP) is 3.63. The summed E-state index contributed by atoms with van der Waals surface area (Å²) < 4.78 is 5.67. The molecule has 0 unspecified atom stereocenters. The molecule has 1 aromatic rings. The average molecular weight is 488 g/mol. The quantitative estimate of drug-likeness (QED) is 0.216. The molecular weight excluding hydrogens is 451 g/mol. The third kappa shape index (κ3) is 9.76. The molecule has 1 fully saturated rings. The van der Waals surface area contributed by atoms with Crippen molar-refractivity contribution in [1.29, 1.82) is 0 Å². The Bertz CT molecular complexity index is 561. The molecule has 1 aliphatic rings. The van der Waals surface area contributed by atoms with Crippen LogP contribution in [0.25, 0.3) is 0 Å². The van der Waals surface area contributed by atoms with Crippen molar-refractivity contribution in [3.8, 4) is 0 Å². The summed E-state index contributed by atoms with van der Waals surface area (Å²) in [6, 6.07) is 9.15. The molecule has 1 aliphatic carbocycles. The van der Waals surface area contributed by atoms with Crippen molar-refractivity contribution in [3.63, 3.8) is 0 Å². The van der Waals surface area contributed by atoms with E-state index < -0.39 is 0 Å². The number of rotatable bonds is 11. The van der Waals surface area contributed by atoms with Gasteiger partial charge in [-0.2, -0.15) is 0 Å². The Balaban J connectivity index is 0.00000364. The molecule has 1 aromatic carbocycles. The Morgan fingerprint density at radius 3 is 2.56 bits per heavy atom. The molecule has 0 saturated heterocycles. The molecule has 0 bridgehead atoms. The van der Waals surface area contributed by atoms with Gasteiger partial charge in [0.2, 0.25) is 0 Å². The van der Waals surface area contributed by atoms with E-state index in [1.165, 1.54) is 24.0 Å². The van der Waals surface area contributed by atoms with Gasteiger partial charge in [0.25, 0.3) is 0 Å². The second-order valence-corrected chi connectivity index (χ2v) is 7.50. The summed E-state index contributed by atoms with van der Waals surface area (Å²) >= 11 is 0. The zero-order chi connectivity index (χ0) is 18.8. The van der Waals surface area contributed by atoms with Crippen molar-refractivity contribution < 1.29 is 4.74 Å². The number of hydrogen-bond donors (Lipinski definition) is 2. The van der Waals surface area contributed by atoms with E-state index in [1.54, 1.807) is 0 Å². The third-order valence-electron chi connectivity index (χ3n) is 4.90. The van der Waals surface area contributed by atoms with Crippen LogP contribution in [0, 0.1) is 5.92 Å². The van der Waals surface area contributed by atoms with Gasteiger partial charge in [0, 0.05) is 45.9 Å². The van der Waals surface area contributed by atoms with Crippen LogP contribution >= 0.6 is 24.0 Å². The van der Waals surface area contributed by atoms with Crippen molar-refractivity contribution in [2.45, 2.75) is 52.2 Å². The maximum atomic E-state index is 5.67. The van der Waals surface area contributed by atoms with E-state index in [2.05, 4.69) is 65.7 Å². The number of nitrogens with zero attached hydrogens (tertiary/aromatic N) is 2. The van der Waals surface area contributed by atoms with Gasteiger partial charge in [-0.25, -0.2) is 0 Å². The summed E-state index contributed by atoms with van der Waals surface area (Å²) in [5.74, 6) is 1.69. The van der Waals surface area contributed by atoms with E-state index in [0.29, 0.717) is 6.04 Å². The molecule has 2 N–H and O–H groups in total. The van der Waals surface area contributed by atoms with E-state index in [-0.39, 0.29) is 24.0 Å². The van der Waals surface area contributed by atoms with Gasteiger partial charge in [-0.15, -0.1) is 24.0 Å². The minimum atomic E-state index is 0. The lowest BCUT2D eigenvalue weighted by atomic mass is 10.1. The van der Waals surface area contributed by atoms with Crippen LogP contribution in [0.4, 0.5) is 0 Å². The van der Waals surface area contributed by atoms with Crippen LogP contribution in [0.15, 0.2) is 29.3 Å². The number of benzene rings is 1. The van der Waals surface area contributed by atoms with Crippen LogP contribution in [0.5, 0.6) is 0 Å². The van der Waals surface area contributed by atoms with Gasteiger partial charge < -0.3 is 15.4 Å². The molecule has 154 valence electrons. The van der Waals surface area contributed by atoms with Crippen molar-refractivity contribution in [2.75, 3.05) is 33.9 Å². The fourth-order valence-corrected chi connectivity index (χ4v) is 2.65. The molecule has 0 amide bonds. The first-order valence-electron chi connectivity index (χ1n) is 9.89. The average Bonchev–Trinajstić information content (AvgIpc) is 3.45. The Morgan fingerprint density at radius 1 is 1.22 bits per heavy atom. The first-order chi connectivity index (χ1) is 12.6. The monoisotopic (exact) mass is 488 g/mol. The van der Waals surface area contributed by atoms with Crippen LogP contribution < -0.4 is 10.6 Å². The molecule has 2 rings (SSSR count). The second-order valence-electron chi connectivity index (χ2n) is 7.50. The summed E-state index contributed by atoms with van der Waals surface area (Å²) in [4.78, 5) is 6.68. The molecule has 0 spiro atoms. The number of aliphatic imine (C=N–C) groups is 1. The van der Waals surface area contributed by atoms with Crippen molar-refractivity contribution in [3.05, 3.63) is 35.4 Å². The lowest BCUT2D eigenvalue weighted by molar-refractivity contribution is 0.123. The van der Waals surface area contributed by atoms with Gasteiger partial charge in [0.05, 0.1) is 0 Å². The van der Waals surface area contributed by atoms with Crippen molar-refractivity contribution in [1.82, 2.24) is 15.5 Å². The largest absolute Gasteiger partial charge is 0.381 e. The fourth-order valence-electron chi connectivity index (χ4n) is 2.65. The number of hydrogen-bond acceptors (Lipinski definition) is 3. The van der Waals surface area contributed by atoms with Crippen LogP contribution in [0.3, 0.4) is 0 Å². The molecule has 6 heteroatoms. The Kier molecular flexibility index (Phi) is 11.9. The van der Waals surface area contributed by atoms with Crippen LogP contribution in [0.1, 0.15) is 44.2 Å². The highest BCUT2D eigenvalue weighted by molar-refractivity contribution is 14.0. The molecule has 0 atom stereocenters. The van der Waals surface area contributed by atoms with Crippen LogP contribution in [-0.2, 0) is 17.8 Å². The Hall–Kier alpha value is -0.860. The number of guanidine groups is 1. The van der Waals surface area contributed by atoms with E-state index >= 15 is 0 Å². The fraction of sp³-hybridized carbons (Fsp3) is 0.667. The number of nitrogens with one attached hydrogen (secondary N) is 2. The Labute approximate surface area is 182 Å². The van der Waals surface area contributed by atoms with Crippen LogP contribution in [0.2, 0.25) is 0 Å².